The molecular formula is C28H22F4N6O3S. The van der Waals surface area contributed by atoms with Crippen LogP contribution in [0.3, 0.4) is 0 Å². The fraction of sp³-hybridized carbons (Fsp3) is 0.143. The van der Waals surface area contributed by atoms with E-state index in [-0.39, 0.29) is 28.3 Å². The van der Waals surface area contributed by atoms with Crippen molar-refractivity contribution in [3.63, 3.8) is 0 Å². The van der Waals surface area contributed by atoms with Gasteiger partial charge in [0.25, 0.3) is 0 Å². The number of aliphatic hydroxyl groups excluding tert-OH is 1. The summed E-state index contributed by atoms with van der Waals surface area (Å²) in [5.41, 5.74) is 2.71. The molecule has 1 aromatic heterocycles. The van der Waals surface area contributed by atoms with Crippen LogP contribution in [0.2, 0.25) is 0 Å². The molecule has 2 heterocycles. The lowest BCUT2D eigenvalue weighted by Gasteiger charge is -2.19. The second kappa shape index (κ2) is 12.0. The molecule has 14 heteroatoms. The Morgan fingerprint density at radius 3 is 2.55 bits per heavy atom. The zero-order valence-electron chi connectivity index (χ0n) is 21.8. The second-order valence-electron chi connectivity index (χ2n) is 8.95. The standard InChI is InChI=1S/C28H22F4N6O3S/c1-17-2-12-22(29)23(14-17)38-25(39)15-42-27(38)35-26(40)34-19-6-3-18(4-7-19)5-13-24-33-16-37(36-24)20-8-10-21(11-9-20)41-28(30,31)32/h2-14,16,26,34,40H,15H2,1H3/b13-5+,35-27-. The first-order valence-electron chi connectivity index (χ1n) is 12.3. The number of carbonyl (C=O) groups is 1. The number of aliphatic hydroxyl groups is 1. The maximum Gasteiger partial charge on any atom is 0.573 e. The summed E-state index contributed by atoms with van der Waals surface area (Å²) in [5.74, 6) is -0.782. The third-order valence-corrected chi connectivity index (χ3v) is 6.75. The Morgan fingerprint density at radius 2 is 1.83 bits per heavy atom. The van der Waals surface area contributed by atoms with Crippen LogP contribution in [0.1, 0.15) is 17.0 Å². The van der Waals surface area contributed by atoms with Gasteiger partial charge in [0.15, 0.2) is 11.0 Å². The molecule has 1 aliphatic rings. The predicted molar refractivity (Wildman–Crippen MR) is 152 cm³/mol. The van der Waals surface area contributed by atoms with Crippen molar-refractivity contribution in [2.24, 2.45) is 4.99 Å². The number of nitrogens with zero attached hydrogens (tertiary/aromatic N) is 5. The largest absolute Gasteiger partial charge is 0.573 e. The highest BCUT2D eigenvalue weighted by Crippen LogP contribution is 2.30. The number of benzene rings is 3. The molecule has 0 saturated carbocycles. The van der Waals surface area contributed by atoms with Crippen molar-refractivity contribution in [2.45, 2.75) is 19.6 Å². The third-order valence-electron chi connectivity index (χ3n) is 5.82. The maximum atomic E-state index is 14.4. The van der Waals surface area contributed by atoms with E-state index in [1.165, 1.54) is 46.2 Å². The fourth-order valence-corrected chi connectivity index (χ4v) is 4.80. The zero-order valence-corrected chi connectivity index (χ0v) is 22.6. The number of rotatable bonds is 8. The number of aliphatic imine (C=N–C) groups is 1. The number of nitrogens with one attached hydrogen (secondary N) is 1. The fourth-order valence-electron chi connectivity index (χ4n) is 3.91. The molecule has 42 heavy (non-hydrogen) atoms. The molecule has 4 aromatic rings. The minimum absolute atomic E-state index is 0.0796. The molecule has 0 bridgehead atoms. The van der Waals surface area contributed by atoms with E-state index in [1.54, 1.807) is 55.5 Å². The lowest BCUT2D eigenvalue weighted by Crippen LogP contribution is -2.32. The Balaban J connectivity index is 1.20. The summed E-state index contributed by atoms with van der Waals surface area (Å²) in [7, 11) is 0. The Labute approximate surface area is 241 Å². The van der Waals surface area contributed by atoms with Gasteiger partial charge < -0.3 is 15.2 Å². The lowest BCUT2D eigenvalue weighted by atomic mass is 10.2. The van der Waals surface area contributed by atoms with Gasteiger partial charge in [-0.15, -0.1) is 18.3 Å². The van der Waals surface area contributed by atoms with E-state index in [4.69, 9.17) is 0 Å². The number of thioether (sulfide) groups is 1. The van der Waals surface area contributed by atoms with Crippen molar-refractivity contribution in [1.29, 1.82) is 0 Å². The van der Waals surface area contributed by atoms with Crippen molar-refractivity contribution in [3.8, 4) is 11.4 Å². The Bertz CT molecular complexity index is 1640. The molecule has 1 fully saturated rings. The normalized spacial score (nSPS) is 15.5. The van der Waals surface area contributed by atoms with Gasteiger partial charge in [-0.2, -0.15) is 0 Å². The van der Waals surface area contributed by atoms with E-state index in [0.29, 0.717) is 17.2 Å². The number of anilines is 2. The van der Waals surface area contributed by atoms with E-state index >= 15 is 0 Å². The molecular weight excluding hydrogens is 576 g/mol. The monoisotopic (exact) mass is 598 g/mol. The molecule has 0 aliphatic carbocycles. The highest BCUT2D eigenvalue weighted by atomic mass is 32.2. The van der Waals surface area contributed by atoms with Gasteiger partial charge in [0.2, 0.25) is 12.3 Å². The van der Waals surface area contributed by atoms with Crippen molar-refractivity contribution in [1.82, 2.24) is 14.8 Å². The van der Waals surface area contributed by atoms with Crippen LogP contribution in [0.5, 0.6) is 5.75 Å². The van der Waals surface area contributed by atoms with E-state index in [0.717, 1.165) is 22.9 Å². The van der Waals surface area contributed by atoms with Crippen LogP contribution >= 0.6 is 11.8 Å². The molecule has 0 spiro atoms. The molecule has 1 unspecified atom stereocenters. The third kappa shape index (κ3) is 7.14. The molecule has 1 atom stereocenters. The second-order valence-corrected chi connectivity index (χ2v) is 9.89. The minimum Gasteiger partial charge on any atom is -0.406 e. The van der Waals surface area contributed by atoms with Gasteiger partial charge in [-0.1, -0.05) is 36.0 Å². The van der Waals surface area contributed by atoms with Crippen molar-refractivity contribution in [2.75, 3.05) is 16.0 Å². The summed E-state index contributed by atoms with van der Waals surface area (Å²) < 4.78 is 56.7. The quantitative estimate of drug-likeness (QED) is 0.201. The van der Waals surface area contributed by atoms with E-state index in [1.807, 2.05) is 0 Å². The highest BCUT2D eigenvalue weighted by Gasteiger charge is 2.32. The van der Waals surface area contributed by atoms with Crippen LogP contribution in [0.4, 0.5) is 28.9 Å². The summed E-state index contributed by atoms with van der Waals surface area (Å²) in [5, 5.41) is 17.8. The van der Waals surface area contributed by atoms with Crippen LogP contribution in [0.15, 0.2) is 78.0 Å². The van der Waals surface area contributed by atoms with Crippen molar-refractivity contribution < 1.29 is 32.2 Å². The van der Waals surface area contributed by atoms with Crippen molar-refractivity contribution in [3.05, 3.63) is 95.8 Å². The molecule has 0 radical (unpaired) electrons. The van der Waals surface area contributed by atoms with Gasteiger partial charge >= 0.3 is 6.36 Å². The van der Waals surface area contributed by atoms with Gasteiger partial charge in [0, 0.05) is 5.69 Å². The van der Waals surface area contributed by atoms with Gasteiger partial charge in [-0.05, 0) is 72.7 Å². The van der Waals surface area contributed by atoms with E-state index < -0.39 is 18.5 Å². The van der Waals surface area contributed by atoms with E-state index in [2.05, 4.69) is 25.1 Å². The zero-order chi connectivity index (χ0) is 29.9. The SMILES string of the molecule is Cc1ccc(F)c(N2C(=O)CS/C2=N\C(O)Nc2ccc(/C=C/c3ncn(-c4ccc(OC(F)(F)F)cc4)n3)cc2)c1. The molecule has 9 nitrogen and oxygen atoms in total. The van der Waals surface area contributed by atoms with Crippen LogP contribution in [-0.4, -0.2) is 49.4 Å². The number of aromatic nitrogens is 3. The summed E-state index contributed by atoms with van der Waals surface area (Å²) in [6, 6.07) is 16.6. The average molecular weight is 599 g/mol. The molecule has 1 saturated heterocycles. The molecule has 5 rings (SSSR count). The number of carbonyl (C=O) groups excluding carboxylic acids is 1. The number of halogens is 4. The van der Waals surface area contributed by atoms with Crippen LogP contribution in [0.25, 0.3) is 17.8 Å². The predicted octanol–water partition coefficient (Wildman–Crippen LogP) is 5.61. The highest BCUT2D eigenvalue weighted by molar-refractivity contribution is 8.15. The van der Waals surface area contributed by atoms with Gasteiger partial charge in [0.1, 0.15) is 17.9 Å². The number of hydrogen-bond donors (Lipinski definition) is 2. The molecule has 1 aliphatic heterocycles. The van der Waals surface area contributed by atoms with E-state index in [9.17, 15) is 27.5 Å². The van der Waals surface area contributed by atoms with Crippen LogP contribution in [0, 0.1) is 12.7 Å². The first kappa shape index (κ1) is 28.8. The summed E-state index contributed by atoms with van der Waals surface area (Å²) >= 11 is 1.11. The van der Waals surface area contributed by atoms with Crippen LogP contribution in [-0.2, 0) is 4.79 Å². The van der Waals surface area contributed by atoms with Gasteiger partial charge in [-0.3, -0.25) is 9.69 Å². The smallest absolute Gasteiger partial charge is 0.406 e. The topological polar surface area (TPSA) is 105 Å². The number of ether oxygens (including phenoxy) is 1. The average Bonchev–Trinajstić information content (AvgIpc) is 3.56. The Kier molecular flexibility index (Phi) is 8.27. The summed E-state index contributed by atoms with van der Waals surface area (Å²) in [6.07, 6.45) is -1.31. The summed E-state index contributed by atoms with van der Waals surface area (Å²) in [4.78, 5) is 21.9. The van der Waals surface area contributed by atoms with Gasteiger partial charge in [0.05, 0.1) is 17.1 Å². The first-order valence-corrected chi connectivity index (χ1v) is 13.3. The number of alkyl halides is 3. The maximum absolute atomic E-state index is 14.4. The number of amides is 1. The summed E-state index contributed by atoms with van der Waals surface area (Å²) in [6.45, 7) is 1.79. The first-order chi connectivity index (χ1) is 20.0. The number of hydrogen-bond acceptors (Lipinski definition) is 8. The molecule has 3 aromatic carbocycles. The minimum atomic E-state index is -4.77. The van der Waals surface area contributed by atoms with Crippen molar-refractivity contribution >= 4 is 46.4 Å². The number of aryl methyl sites for hydroxylation is 1. The molecule has 2 N–H and O–H groups in total. The number of amidine groups is 1. The lowest BCUT2D eigenvalue weighted by molar-refractivity contribution is -0.274. The molecule has 216 valence electrons. The Morgan fingerprint density at radius 1 is 1.10 bits per heavy atom. The Hall–Kier alpha value is -4.69. The molecule has 1 amide bonds. The van der Waals surface area contributed by atoms with Gasteiger partial charge in [-0.25, -0.2) is 19.0 Å². The van der Waals surface area contributed by atoms with Crippen LogP contribution < -0.4 is 15.0 Å².